The van der Waals surface area contributed by atoms with E-state index in [1.165, 1.54) is 0 Å². The molecule has 40 heavy (non-hydrogen) atoms. The Labute approximate surface area is 259 Å². The zero-order valence-electron chi connectivity index (χ0n) is 21.7. The van der Waals surface area contributed by atoms with Gasteiger partial charge in [0.15, 0.2) is 11.6 Å². The third-order valence-electron chi connectivity index (χ3n) is 8.26. The Balaban J connectivity index is 1.35. The molecule has 2 heterocycles. The lowest BCUT2D eigenvalue weighted by Gasteiger charge is -2.59. The number of carbonyl (C=O) groups is 2. The van der Waals surface area contributed by atoms with Crippen molar-refractivity contribution in [2.45, 2.75) is 18.4 Å². The van der Waals surface area contributed by atoms with Gasteiger partial charge in [-0.3, -0.25) is 9.59 Å². The van der Waals surface area contributed by atoms with Crippen LogP contribution in [0.1, 0.15) is 39.1 Å². The smallest absolute Gasteiger partial charge is 0.170 e. The summed E-state index contributed by atoms with van der Waals surface area (Å²) in [6, 6.07) is 32.1. The van der Waals surface area contributed by atoms with E-state index in [2.05, 4.69) is 106 Å². The fourth-order valence-electron chi connectivity index (χ4n) is 6.18. The number of Topliss-reactive ketones (excluding diaryl/α,β-unsaturated/α-hetero) is 2. The van der Waals surface area contributed by atoms with Crippen LogP contribution in [0.2, 0.25) is 0 Å². The number of hydrogen-bond acceptors (Lipinski definition) is 4. The fourth-order valence-corrected chi connectivity index (χ4v) is 6.98. The van der Waals surface area contributed by atoms with E-state index in [1.807, 2.05) is 48.5 Å². The van der Waals surface area contributed by atoms with E-state index in [4.69, 9.17) is 0 Å². The van der Waals surface area contributed by atoms with Gasteiger partial charge in [0.25, 0.3) is 0 Å². The molecule has 4 aromatic carbocycles. The van der Waals surface area contributed by atoms with Crippen LogP contribution in [0, 0.1) is 5.92 Å². The summed E-state index contributed by atoms with van der Waals surface area (Å²) in [6.07, 6.45) is 1.19. The van der Waals surface area contributed by atoms with E-state index in [0.717, 1.165) is 54.4 Å². The van der Waals surface area contributed by atoms with Crippen LogP contribution < -0.4 is 9.80 Å². The number of halogens is 3. The van der Waals surface area contributed by atoms with Crippen LogP contribution >= 0.6 is 47.8 Å². The molecular weight excluding hydrogens is 696 g/mol. The Hall–Kier alpha value is -2.74. The Morgan fingerprint density at radius 2 is 1.27 bits per heavy atom. The molecule has 0 unspecified atom stereocenters. The predicted octanol–water partition coefficient (Wildman–Crippen LogP) is 8.67. The lowest BCUT2D eigenvalue weighted by atomic mass is 9.64. The second-order valence-corrected chi connectivity index (χ2v) is 13.1. The molecule has 2 atom stereocenters. The Kier molecular flexibility index (Phi) is 7.73. The number of ketones is 2. The van der Waals surface area contributed by atoms with E-state index < -0.39 is 5.54 Å². The number of para-hydroxylation sites is 2. The van der Waals surface area contributed by atoms with Gasteiger partial charge in [0.1, 0.15) is 0 Å². The molecule has 6 rings (SSSR count). The highest BCUT2D eigenvalue weighted by atomic mass is 79.9. The average molecular weight is 723 g/mol. The van der Waals surface area contributed by atoms with Gasteiger partial charge in [-0.2, -0.15) is 0 Å². The monoisotopic (exact) mass is 720 g/mol. The van der Waals surface area contributed by atoms with Crippen molar-refractivity contribution in [2.24, 2.45) is 5.92 Å². The Morgan fingerprint density at radius 3 is 1.90 bits per heavy atom. The third-order valence-corrected chi connectivity index (χ3v) is 9.85. The van der Waals surface area contributed by atoms with Crippen LogP contribution in [-0.4, -0.2) is 31.2 Å². The number of hydrogen-bond donors (Lipinski definition) is 0. The molecule has 0 N–H and O–H groups in total. The molecule has 202 valence electrons. The first-order chi connectivity index (χ1) is 19.4. The summed E-state index contributed by atoms with van der Waals surface area (Å²) in [6.45, 7) is 2.00. The summed E-state index contributed by atoms with van der Waals surface area (Å²) in [5, 5.41) is 0. The normalized spacial score (nSPS) is 19.7. The van der Waals surface area contributed by atoms with Gasteiger partial charge in [-0.15, -0.1) is 0 Å². The first-order valence-electron chi connectivity index (χ1n) is 13.3. The van der Waals surface area contributed by atoms with E-state index in [9.17, 15) is 9.59 Å². The average Bonchev–Trinajstić information content (AvgIpc) is 3.05. The molecule has 2 aliphatic heterocycles. The number of carbonyl (C=O) groups excluding carboxylic acids is 2. The molecule has 0 aromatic heterocycles. The van der Waals surface area contributed by atoms with Crippen molar-refractivity contribution in [3.63, 3.8) is 0 Å². The first-order valence-corrected chi connectivity index (χ1v) is 15.7. The van der Waals surface area contributed by atoms with E-state index in [1.54, 1.807) is 0 Å². The second-order valence-electron chi connectivity index (χ2n) is 10.4. The molecular formula is C33H27Br3N2O2. The highest BCUT2D eigenvalue weighted by Crippen LogP contribution is 2.55. The van der Waals surface area contributed by atoms with Gasteiger partial charge in [-0.05, 0) is 60.5 Å². The van der Waals surface area contributed by atoms with Crippen LogP contribution in [0.25, 0.3) is 0 Å². The topological polar surface area (TPSA) is 40.6 Å². The second kappa shape index (κ2) is 11.3. The van der Waals surface area contributed by atoms with Gasteiger partial charge < -0.3 is 9.80 Å². The summed E-state index contributed by atoms with van der Waals surface area (Å²) in [5.41, 5.74) is 4.34. The highest BCUT2D eigenvalue weighted by molar-refractivity contribution is 9.11. The lowest BCUT2D eigenvalue weighted by Crippen LogP contribution is -2.67. The SMILES string of the molecule is O=C(CCN1CC[C@]2(c3ccc(Br)cc3)[C@H](C(=O)c3ccc(Br)cc3)CN2c2ccccc21)c1ccc(Br)cc1. The Morgan fingerprint density at radius 1 is 0.725 bits per heavy atom. The van der Waals surface area contributed by atoms with E-state index in [-0.39, 0.29) is 17.5 Å². The standard InChI is InChI=1S/C33H27Br3N2O2/c34-25-11-5-22(6-12-25)31(39)17-19-37-20-18-33(24-9-15-27(36)16-10-24)28(32(40)23-7-13-26(35)14-8-23)21-38(33)30-4-2-1-3-29(30)37/h1-16,28H,17-21H2/t28-,33-/m0/s1. The number of rotatable bonds is 7. The molecule has 0 radical (unpaired) electrons. The van der Waals surface area contributed by atoms with E-state index in [0.29, 0.717) is 19.5 Å². The van der Waals surface area contributed by atoms with Gasteiger partial charge in [-0.1, -0.05) is 96.3 Å². The molecule has 0 bridgehead atoms. The third kappa shape index (κ3) is 4.97. The zero-order chi connectivity index (χ0) is 27.9. The van der Waals surface area contributed by atoms with Crippen molar-refractivity contribution in [3.05, 3.63) is 127 Å². The maximum Gasteiger partial charge on any atom is 0.170 e. The highest BCUT2D eigenvalue weighted by Gasteiger charge is 2.59. The van der Waals surface area contributed by atoms with Crippen molar-refractivity contribution in [3.8, 4) is 0 Å². The van der Waals surface area contributed by atoms with Crippen molar-refractivity contribution in [2.75, 3.05) is 29.4 Å². The minimum Gasteiger partial charge on any atom is -0.369 e. The molecule has 4 aromatic rings. The van der Waals surface area contributed by atoms with E-state index >= 15 is 0 Å². The minimum absolute atomic E-state index is 0.128. The van der Waals surface area contributed by atoms with Crippen molar-refractivity contribution in [1.82, 2.24) is 0 Å². The van der Waals surface area contributed by atoms with Gasteiger partial charge in [-0.25, -0.2) is 0 Å². The molecule has 0 saturated carbocycles. The molecule has 1 fully saturated rings. The van der Waals surface area contributed by atoms with Crippen LogP contribution in [0.5, 0.6) is 0 Å². The molecule has 0 amide bonds. The first kappa shape index (κ1) is 27.4. The number of fused-ring (bicyclic) bond motifs is 3. The lowest BCUT2D eigenvalue weighted by molar-refractivity contribution is 0.0706. The van der Waals surface area contributed by atoms with Gasteiger partial charge in [0, 0.05) is 50.6 Å². The van der Waals surface area contributed by atoms with Gasteiger partial charge >= 0.3 is 0 Å². The van der Waals surface area contributed by atoms with Crippen molar-refractivity contribution < 1.29 is 9.59 Å². The quantitative estimate of drug-likeness (QED) is 0.179. The van der Waals surface area contributed by atoms with Crippen LogP contribution in [0.3, 0.4) is 0 Å². The maximum atomic E-state index is 14.0. The molecule has 1 saturated heterocycles. The molecule has 0 aliphatic carbocycles. The molecule has 2 aliphatic rings. The van der Waals surface area contributed by atoms with Crippen molar-refractivity contribution >= 4 is 70.7 Å². The van der Waals surface area contributed by atoms with Crippen LogP contribution in [0.4, 0.5) is 11.4 Å². The van der Waals surface area contributed by atoms with Crippen LogP contribution in [0.15, 0.2) is 110 Å². The molecule has 0 spiro atoms. The summed E-state index contributed by atoms with van der Waals surface area (Å²) in [7, 11) is 0. The fraction of sp³-hybridized carbons (Fsp3) is 0.212. The predicted molar refractivity (Wildman–Crippen MR) is 171 cm³/mol. The summed E-state index contributed by atoms with van der Waals surface area (Å²) < 4.78 is 2.93. The summed E-state index contributed by atoms with van der Waals surface area (Å²) in [5.74, 6) is 0.110. The number of benzene rings is 4. The summed E-state index contributed by atoms with van der Waals surface area (Å²) >= 11 is 10.5. The zero-order valence-corrected chi connectivity index (χ0v) is 26.5. The Bertz CT molecular complexity index is 1550. The van der Waals surface area contributed by atoms with Crippen LogP contribution in [-0.2, 0) is 5.54 Å². The largest absolute Gasteiger partial charge is 0.369 e. The number of nitrogens with zero attached hydrogens (tertiary/aromatic N) is 2. The molecule has 7 heteroatoms. The maximum absolute atomic E-state index is 14.0. The number of anilines is 2. The van der Waals surface area contributed by atoms with Gasteiger partial charge in [0.2, 0.25) is 0 Å². The van der Waals surface area contributed by atoms with Crippen molar-refractivity contribution in [1.29, 1.82) is 0 Å². The summed E-state index contributed by atoms with van der Waals surface area (Å²) in [4.78, 5) is 31.8. The van der Waals surface area contributed by atoms with Gasteiger partial charge in [0.05, 0.1) is 22.8 Å². The minimum atomic E-state index is -0.481. The molecule has 4 nitrogen and oxygen atoms in total.